The molecule has 0 bridgehead atoms. The van der Waals surface area contributed by atoms with Gasteiger partial charge in [-0.1, -0.05) is 0 Å². The van der Waals surface area contributed by atoms with Crippen molar-refractivity contribution in [3.63, 3.8) is 0 Å². The zero-order chi connectivity index (χ0) is 7.11. The summed E-state index contributed by atoms with van der Waals surface area (Å²) in [6, 6.07) is 0. The van der Waals surface area contributed by atoms with Gasteiger partial charge in [0, 0.05) is 26.1 Å². The molecular formula is C6H14N2O. The molecule has 0 radical (unpaired) electrons. The maximum Gasteiger partial charge on any atom is 0.121 e. The van der Waals surface area contributed by atoms with Gasteiger partial charge in [-0.2, -0.15) is 0 Å². The van der Waals surface area contributed by atoms with Gasteiger partial charge in [0.25, 0.3) is 0 Å². The lowest BCUT2D eigenvalue weighted by Gasteiger charge is -2.12. The van der Waals surface area contributed by atoms with Crippen molar-refractivity contribution < 1.29 is 4.79 Å². The molecule has 0 unspecified atom stereocenters. The number of carbonyl (C=O) groups excluding carboxylic acids is 1. The summed E-state index contributed by atoms with van der Waals surface area (Å²) in [5.41, 5.74) is 5.27. The molecule has 2 N–H and O–H groups in total. The van der Waals surface area contributed by atoms with Crippen molar-refractivity contribution in [2.24, 2.45) is 5.73 Å². The molecule has 0 aromatic carbocycles. The minimum atomic E-state index is 0.608. The van der Waals surface area contributed by atoms with Crippen LogP contribution in [0.1, 0.15) is 6.42 Å². The molecule has 0 heterocycles. The number of nitrogens with zero attached hydrogens (tertiary/aromatic N) is 1. The van der Waals surface area contributed by atoms with E-state index in [0.717, 1.165) is 19.4 Å². The van der Waals surface area contributed by atoms with Gasteiger partial charge in [0.15, 0.2) is 0 Å². The van der Waals surface area contributed by atoms with Crippen LogP contribution < -0.4 is 5.73 Å². The Balaban J connectivity index is 3.04. The molecule has 0 atom stereocenters. The van der Waals surface area contributed by atoms with Crippen LogP contribution in [0.5, 0.6) is 0 Å². The minimum absolute atomic E-state index is 0.608. The Hall–Kier alpha value is -0.410. The van der Waals surface area contributed by atoms with E-state index >= 15 is 0 Å². The molecule has 0 fully saturated rings. The number of hydrogen-bond donors (Lipinski definition) is 1. The van der Waals surface area contributed by atoms with E-state index in [2.05, 4.69) is 0 Å². The van der Waals surface area contributed by atoms with Crippen molar-refractivity contribution >= 4 is 6.29 Å². The molecule has 54 valence electrons. The highest BCUT2D eigenvalue weighted by molar-refractivity contribution is 5.49. The first-order valence-corrected chi connectivity index (χ1v) is 3.13. The Labute approximate surface area is 55.8 Å². The summed E-state index contributed by atoms with van der Waals surface area (Å²) < 4.78 is 0. The fourth-order valence-electron chi connectivity index (χ4n) is 0.605. The second kappa shape index (κ2) is 5.72. The summed E-state index contributed by atoms with van der Waals surface area (Å²) in [4.78, 5) is 11.9. The quantitative estimate of drug-likeness (QED) is 0.509. The molecule has 9 heavy (non-hydrogen) atoms. The third-order valence-electron chi connectivity index (χ3n) is 1.14. The van der Waals surface area contributed by atoms with Crippen LogP contribution in [-0.4, -0.2) is 37.9 Å². The zero-order valence-electron chi connectivity index (χ0n) is 5.84. The third-order valence-corrected chi connectivity index (χ3v) is 1.14. The summed E-state index contributed by atoms with van der Waals surface area (Å²) in [7, 11) is 1.95. The molecule has 0 aliphatic carbocycles. The van der Waals surface area contributed by atoms with Gasteiger partial charge in [0.1, 0.15) is 6.29 Å². The highest BCUT2D eigenvalue weighted by atomic mass is 16.1. The number of carbonyl (C=O) groups is 1. The standard InChI is InChI=1S/C6H14N2O/c1-8(5-3-7)4-2-6-9/h6H,2-5,7H2,1H3. The molecular weight excluding hydrogens is 116 g/mol. The summed E-state index contributed by atoms with van der Waals surface area (Å²) in [6.07, 6.45) is 1.53. The number of nitrogens with two attached hydrogens (primary N) is 1. The Kier molecular flexibility index (Phi) is 5.46. The lowest BCUT2D eigenvalue weighted by molar-refractivity contribution is -0.108. The molecule has 0 aromatic rings. The highest BCUT2D eigenvalue weighted by Gasteiger charge is 1.92. The van der Waals surface area contributed by atoms with E-state index in [4.69, 9.17) is 5.73 Å². The second-order valence-electron chi connectivity index (χ2n) is 2.05. The van der Waals surface area contributed by atoms with Gasteiger partial charge in [-0.25, -0.2) is 0 Å². The van der Waals surface area contributed by atoms with Crippen molar-refractivity contribution in [2.45, 2.75) is 6.42 Å². The van der Waals surface area contributed by atoms with E-state index in [1.165, 1.54) is 0 Å². The first-order chi connectivity index (χ1) is 4.31. The predicted molar refractivity (Wildman–Crippen MR) is 37.2 cm³/mol. The molecule has 3 heteroatoms. The fourth-order valence-corrected chi connectivity index (χ4v) is 0.605. The van der Waals surface area contributed by atoms with Crippen LogP contribution in [0.25, 0.3) is 0 Å². The summed E-state index contributed by atoms with van der Waals surface area (Å²) >= 11 is 0. The Morgan fingerprint density at radius 2 is 2.22 bits per heavy atom. The average Bonchev–Trinajstić information content (AvgIpc) is 1.85. The van der Waals surface area contributed by atoms with Crippen molar-refractivity contribution in [3.05, 3.63) is 0 Å². The topological polar surface area (TPSA) is 46.3 Å². The van der Waals surface area contributed by atoms with E-state index < -0.39 is 0 Å². The van der Waals surface area contributed by atoms with Crippen molar-refractivity contribution in [2.75, 3.05) is 26.7 Å². The molecule has 0 spiro atoms. The third kappa shape index (κ3) is 5.46. The average molecular weight is 130 g/mol. The van der Waals surface area contributed by atoms with E-state index in [0.29, 0.717) is 13.0 Å². The molecule has 0 aromatic heterocycles. The predicted octanol–water partition coefficient (Wildman–Crippen LogP) is -0.534. The molecule has 0 saturated heterocycles. The summed E-state index contributed by atoms with van der Waals surface area (Å²) in [6.45, 7) is 2.35. The highest BCUT2D eigenvalue weighted by Crippen LogP contribution is 1.81. The van der Waals surface area contributed by atoms with Crippen LogP contribution in [0.3, 0.4) is 0 Å². The van der Waals surface area contributed by atoms with Crippen molar-refractivity contribution in [1.29, 1.82) is 0 Å². The Morgan fingerprint density at radius 1 is 1.56 bits per heavy atom. The Morgan fingerprint density at radius 3 is 2.67 bits per heavy atom. The fraction of sp³-hybridized carbons (Fsp3) is 0.833. The minimum Gasteiger partial charge on any atom is -0.329 e. The molecule has 0 amide bonds. The normalized spacial score (nSPS) is 10.1. The van der Waals surface area contributed by atoms with Crippen LogP contribution in [0.4, 0.5) is 0 Å². The smallest absolute Gasteiger partial charge is 0.121 e. The van der Waals surface area contributed by atoms with Crippen LogP contribution in [0.15, 0.2) is 0 Å². The lowest BCUT2D eigenvalue weighted by atomic mass is 10.4. The molecule has 0 aliphatic heterocycles. The van der Waals surface area contributed by atoms with Crippen LogP contribution in [0.2, 0.25) is 0 Å². The van der Waals surface area contributed by atoms with Crippen molar-refractivity contribution in [1.82, 2.24) is 4.90 Å². The van der Waals surface area contributed by atoms with Crippen LogP contribution in [0, 0.1) is 0 Å². The number of rotatable bonds is 5. The number of likely N-dealkylation sites (N-methyl/N-ethyl adjacent to an activating group) is 1. The van der Waals surface area contributed by atoms with Gasteiger partial charge in [-0.05, 0) is 7.05 Å². The van der Waals surface area contributed by atoms with E-state index in [9.17, 15) is 4.79 Å². The van der Waals surface area contributed by atoms with Gasteiger partial charge in [0.05, 0.1) is 0 Å². The SMILES string of the molecule is CN(CCN)CCC=O. The monoisotopic (exact) mass is 130 g/mol. The molecule has 3 nitrogen and oxygen atoms in total. The van der Waals surface area contributed by atoms with E-state index in [1.54, 1.807) is 0 Å². The second-order valence-corrected chi connectivity index (χ2v) is 2.05. The zero-order valence-corrected chi connectivity index (χ0v) is 5.84. The maximum absolute atomic E-state index is 9.86. The van der Waals surface area contributed by atoms with Gasteiger partial charge < -0.3 is 15.4 Å². The Bertz CT molecular complexity index is 75.5. The summed E-state index contributed by atoms with van der Waals surface area (Å²) in [5.74, 6) is 0. The lowest BCUT2D eigenvalue weighted by Crippen LogP contribution is -2.26. The first kappa shape index (κ1) is 8.59. The van der Waals surface area contributed by atoms with Gasteiger partial charge in [0.2, 0.25) is 0 Å². The van der Waals surface area contributed by atoms with Gasteiger partial charge in [-0.3, -0.25) is 0 Å². The molecule has 0 aliphatic rings. The summed E-state index contributed by atoms with van der Waals surface area (Å²) in [5, 5.41) is 0. The maximum atomic E-state index is 9.86. The number of aldehydes is 1. The molecule has 0 rings (SSSR count). The van der Waals surface area contributed by atoms with E-state index in [1.807, 2.05) is 11.9 Å². The van der Waals surface area contributed by atoms with Crippen LogP contribution >= 0.6 is 0 Å². The molecule has 0 saturated carbocycles. The van der Waals surface area contributed by atoms with Crippen molar-refractivity contribution in [3.8, 4) is 0 Å². The first-order valence-electron chi connectivity index (χ1n) is 3.13. The van der Waals surface area contributed by atoms with Gasteiger partial charge in [-0.15, -0.1) is 0 Å². The van der Waals surface area contributed by atoms with E-state index in [-0.39, 0.29) is 0 Å². The largest absolute Gasteiger partial charge is 0.329 e. The number of hydrogen-bond acceptors (Lipinski definition) is 3. The van der Waals surface area contributed by atoms with Crippen LogP contribution in [-0.2, 0) is 4.79 Å². The van der Waals surface area contributed by atoms with Gasteiger partial charge >= 0.3 is 0 Å².